The van der Waals surface area contributed by atoms with Gasteiger partial charge in [-0.2, -0.15) is 0 Å². The van der Waals surface area contributed by atoms with Crippen molar-refractivity contribution in [3.63, 3.8) is 0 Å². The molecule has 0 saturated heterocycles. The number of carbonyl (C=O) groups is 1. The van der Waals surface area contributed by atoms with Gasteiger partial charge in [0, 0.05) is 11.4 Å². The second-order valence-corrected chi connectivity index (χ2v) is 5.13. The van der Waals surface area contributed by atoms with E-state index in [0.717, 1.165) is 5.69 Å². The lowest BCUT2D eigenvalue weighted by Gasteiger charge is -2.11. The van der Waals surface area contributed by atoms with Crippen LogP contribution in [0.15, 0.2) is 30.3 Å². The first-order chi connectivity index (χ1) is 7.59. The first-order valence-corrected chi connectivity index (χ1v) is 6.31. The summed E-state index contributed by atoms with van der Waals surface area (Å²) < 4.78 is 0. The fraction of sp³-hybridized carbons (Fsp3) is 0.273. The van der Waals surface area contributed by atoms with Crippen molar-refractivity contribution in [2.45, 2.75) is 12.2 Å². The molecule has 1 atom stereocenters. The van der Waals surface area contributed by atoms with Crippen molar-refractivity contribution in [2.24, 2.45) is 5.73 Å². The highest BCUT2D eigenvalue weighted by Gasteiger charge is 2.13. The van der Waals surface area contributed by atoms with Gasteiger partial charge < -0.3 is 11.1 Å². The highest BCUT2D eigenvalue weighted by molar-refractivity contribution is 8.02. The minimum absolute atomic E-state index is 0.0348. The molecule has 0 aromatic heterocycles. The molecule has 1 rings (SSSR count). The Morgan fingerprint density at radius 2 is 2.12 bits per heavy atom. The van der Waals surface area contributed by atoms with Gasteiger partial charge in [-0.15, -0.1) is 11.8 Å². The maximum absolute atomic E-state index is 11.7. The zero-order valence-corrected chi connectivity index (χ0v) is 10.6. The second-order valence-electron chi connectivity index (χ2n) is 3.27. The Kier molecular flexibility index (Phi) is 5.28. The van der Waals surface area contributed by atoms with Crippen LogP contribution in [0.4, 0.5) is 5.69 Å². The molecule has 86 valence electrons. The summed E-state index contributed by atoms with van der Waals surface area (Å²) in [6.07, 6.45) is 0. The molecule has 0 aliphatic carbocycles. The van der Waals surface area contributed by atoms with Crippen LogP contribution in [0, 0.1) is 0 Å². The minimum atomic E-state index is -0.165. The standard InChI is InChI=1S/C11H14N2OS2/c1-8(16-7-10(12)15)11(14)13-9-5-3-2-4-6-9/h2-6,8H,7H2,1H3,(H2,12,15)(H,13,14). The van der Waals surface area contributed by atoms with Crippen molar-refractivity contribution in [3.05, 3.63) is 30.3 Å². The number of nitrogens with two attached hydrogens (primary N) is 1. The van der Waals surface area contributed by atoms with E-state index in [4.69, 9.17) is 18.0 Å². The van der Waals surface area contributed by atoms with E-state index < -0.39 is 0 Å². The lowest BCUT2D eigenvalue weighted by Crippen LogP contribution is -2.24. The van der Waals surface area contributed by atoms with E-state index in [1.165, 1.54) is 11.8 Å². The number of anilines is 1. The largest absolute Gasteiger partial charge is 0.393 e. The van der Waals surface area contributed by atoms with Gasteiger partial charge in [0.25, 0.3) is 0 Å². The molecule has 1 aromatic rings. The fourth-order valence-corrected chi connectivity index (χ4v) is 1.88. The molecule has 16 heavy (non-hydrogen) atoms. The molecule has 0 heterocycles. The molecule has 1 unspecified atom stereocenters. The third-order valence-corrected chi connectivity index (χ3v) is 3.40. The Morgan fingerprint density at radius 1 is 1.50 bits per heavy atom. The normalized spacial score (nSPS) is 11.8. The highest BCUT2D eigenvalue weighted by Crippen LogP contribution is 2.13. The van der Waals surface area contributed by atoms with E-state index in [0.29, 0.717) is 10.7 Å². The number of hydrogen-bond acceptors (Lipinski definition) is 3. The van der Waals surface area contributed by atoms with Crippen LogP contribution in [0.25, 0.3) is 0 Å². The summed E-state index contributed by atoms with van der Waals surface area (Å²) in [5.74, 6) is 0.492. The van der Waals surface area contributed by atoms with Gasteiger partial charge in [-0.05, 0) is 19.1 Å². The summed E-state index contributed by atoms with van der Waals surface area (Å²) in [6.45, 7) is 1.83. The molecule has 0 saturated carbocycles. The van der Waals surface area contributed by atoms with Gasteiger partial charge in [-0.25, -0.2) is 0 Å². The number of hydrogen-bond donors (Lipinski definition) is 2. The molecular weight excluding hydrogens is 240 g/mol. The number of nitrogens with one attached hydrogen (secondary N) is 1. The van der Waals surface area contributed by atoms with Crippen molar-refractivity contribution in [1.29, 1.82) is 0 Å². The molecule has 3 nitrogen and oxygen atoms in total. The quantitative estimate of drug-likeness (QED) is 0.790. The molecule has 3 N–H and O–H groups in total. The van der Waals surface area contributed by atoms with E-state index in [9.17, 15) is 4.79 Å². The molecule has 0 spiro atoms. The maximum atomic E-state index is 11.7. The molecule has 1 aromatic carbocycles. The zero-order valence-electron chi connectivity index (χ0n) is 8.97. The van der Waals surface area contributed by atoms with Gasteiger partial charge >= 0.3 is 0 Å². The second kappa shape index (κ2) is 6.50. The van der Waals surface area contributed by atoms with Crippen LogP contribution >= 0.6 is 24.0 Å². The van der Waals surface area contributed by atoms with Crippen LogP contribution < -0.4 is 11.1 Å². The lowest BCUT2D eigenvalue weighted by atomic mass is 10.3. The smallest absolute Gasteiger partial charge is 0.237 e. The van der Waals surface area contributed by atoms with Gasteiger partial charge in [-0.1, -0.05) is 30.4 Å². The lowest BCUT2D eigenvalue weighted by molar-refractivity contribution is -0.115. The SMILES string of the molecule is CC(SCC(N)=S)C(=O)Nc1ccccc1. The van der Waals surface area contributed by atoms with Gasteiger partial charge in [0.2, 0.25) is 5.91 Å². The van der Waals surface area contributed by atoms with Gasteiger partial charge in [-0.3, -0.25) is 4.79 Å². The van der Waals surface area contributed by atoms with Crippen molar-refractivity contribution < 1.29 is 4.79 Å². The first kappa shape index (κ1) is 13.0. The Morgan fingerprint density at radius 3 is 2.69 bits per heavy atom. The Balaban J connectivity index is 2.43. The number of thioether (sulfide) groups is 1. The van der Waals surface area contributed by atoms with E-state index in [2.05, 4.69) is 5.32 Å². The van der Waals surface area contributed by atoms with E-state index in [1.54, 1.807) is 0 Å². The zero-order chi connectivity index (χ0) is 12.0. The van der Waals surface area contributed by atoms with Gasteiger partial charge in [0.1, 0.15) is 0 Å². The average molecular weight is 254 g/mol. The number of para-hydroxylation sites is 1. The third-order valence-electron chi connectivity index (χ3n) is 1.89. The Hall–Kier alpha value is -1.07. The molecule has 0 fully saturated rings. The van der Waals surface area contributed by atoms with Crippen LogP contribution in [0.1, 0.15) is 6.92 Å². The van der Waals surface area contributed by atoms with E-state index >= 15 is 0 Å². The maximum Gasteiger partial charge on any atom is 0.237 e. The molecule has 0 bridgehead atoms. The van der Waals surface area contributed by atoms with Gasteiger partial charge in [0.05, 0.1) is 10.2 Å². The number of rotatable bonds is 5. The summed E-state index contributed by atoms with van der Waals surface area (Å²) in [4.78, 5) is 12.1. The topological polar surface area (TPSA) is 55.1 Å². The highest BCUT2D eigenvalue weighted by atomic mass is 32.2. The number of thiocarbonyl (C=S) groups is 1. The number of carbonyl (C=O) groups excluding carboxylic acids is 1. The molecule has 0 radical (unpaired) electrons. The third kappa shape index (κ3) is 4.63. The monoisotopic (exact) mass is 254 g/mol. The summed E-state index contributed by atoms with van der Waals surface area (Å²) in [5.41, 5.74) is 6.17. The van der Waals surface area contributed by atoms with Crippen LogP contribution in [0.5, 0.6) is 0 Å². The van der Waals surface area contributed by atoms with Crippen LogP contribution in [0.2, 0.25) is 0 Å². The number of amides is 1. The first-order valence-electron chi connectivity index (χ1n) is 4.85. The molecule has 1 amide bonds. The van der Waals surface area contributed by atoms with E-state index in [-0.39, 0.29) is 11.2 Å². The summed E-state index contributed by atoms with van der Waals surface area (Å²) in [6, 6.07) is 9.36. The fourth-order valence-electron chi connectivity index (χ4n) is 1.05. The Labute approximate surface area is 105 Å². The van der Waals surface area contributed by atoms with Crippen LogP contribution in [-0.2, 0) is 4.79 Å². The number of benzene rings is 1. The molecule has 0 aliphatic heterocycles. The Bertz CT molecular complexity index is 368. The van der Waals surface area contributed by atoms with Gasteiger partial charge in [0.15, 0.2) is 0 Å². The van der Waals surface area contributed by atoms with Crippen LogP contribution in [-0.4, -0.2) is 21.9 Å². The average Bonchev–Trinajstić information content (AvgIpc) is 2.27. The van der Waals surface area contributed by atoms with Crippen molar-refractivity contribution >= 4 is 40.6 Å². The van der Waals surface area contributed by atoms with Crippen LogP contribution in [0.3, 0.4) is 0 Å². The molecule has 5 heteroatoms. The van der Waals surface area contributed by atoms with Crippen molar-refractivity contribution in [1.82, 2.24) is 0 Å². The summed E-state index contributed by atoms with van der Waals surface area (Å²) in [7, 11) is 0. The molecular formula is C11H14N2OS2. The summed E-state index contributed by atoms with van der Waals surface area (Å²) >= 11 is 6.19. The van der Waals surface area contributed by atoms with Crippen molar-refractivity contribution in [2.75, 3.05) is 11.1 Å². The predicted molar refractivity (Wildman–Crippen MR) is 73.8 cm³/mol. The summed E-state index contributed by atoms with van der Waals surface area (Å²) in [5, 5.41) is 2.66. The predicted octanol–water partition coefficient (Wildman–Crippen LogP) is 2.03. The molecule has 0 aliphatic rings. The van der Waals surface area contributed by atoms with E-state index in [1.807, 2.05) is 37.3 Å². The minimum Gasteiger partial charge on any atom is -0.393 e. The van der Waals surface area contributed by atoms with Crippen molar-refractivity contribution in [3.8, 4) is 0 Å².